The van der Waals surface area contributed by atoms with Gasteiger partial charge in [-0.05, 0) is 41.2 Å². The van der Waals surface area contributed by atoms with Crippen LogP contribution in [-0.2, 0) is 23.1 Å². The molecular formula is C19H16O. The zero-order valence-corrected chi connectivity index (χ0v) is 11.5. The molecule has 0 spiro atoms. The van der Waals surface area contributed by atoms with Crippen molar-refractivity contribution < 1.29 is 4.79 Å². The molecule has 0 saturated carbocycles. The molecule has 2 aliphatic rings. The van der Waals surface area contributed by atoms with Gasteiger partial charge in [0.05, 0.1) is 5.41 Å². The van der Waals surface area contributed by atoms with E-state index < -0.39 is 5.41 Å². The molecule has 0 N–H and O–H groups in total. The van der Waals surface area contributed by atoms with E-state index in [0.717, 1.165) is 6.42 Å². The van der Waals surface area contributed by atoms with Crippen LogP contribution in [0.1, 0.15) is 29.2 Å². The van der Waals surface area contributed by atoms with Gasteiger partial charge >= 0.3 is 0 Å². The molecule has 1 atom stereocenters. The van der Waals surface area contributed by atoms with Crippen molar-refractivity contribution in [2.75, 3.05) is 0 Å². The number of Topliss-reactive ketones (excluding diaryl/α,β-unsaturated/α-hetero) is 1. The number of carbonyl (C=O) groups is 1. The van der Waals surface area contributed by atoms with Crippen molar-refractivity contribution in [2.45, 2.75) is 25.2 Å². The van der Waals surface area contributed by atoms with Gasteiger partial charge in [0.25, 0.3) is 0 Å². The van der Waals surface area contributed by atoms with Crippen molar-refractivity contribution in [3.05, 3.63) is 76.4 Å². The molecule has 0 amide bonds. The predicted octanol–water partition coefficient (Wildman–Crippen LogP) is 3.71. The number of hydrogen-bond acceptors (Lipinski definition) is 1. The van der Waals surface area contributed by atoms with Crippen LogP contribution in [0.25, 0.3) is 6.08 Å². The van der Waals surface area contributed by atoms with Crippen molar-refractivity contribution in [1.82, 2.24) is 0 Å². The van der Waals surface area contributed by atoms with Gasteiger partial charge in [-0.2, -0.15) is 0 Å². The highest BCUT2D eigenvalue weighted by Gasteiger charge is 2.45. The fraction of sp³-hybridized carbons (Fsp3) is 0.211. The van der Waals surface area contributed by atoms with Gasteiger partial charge in [0, 0.05) is 6.42 Å². The Hall–Kier alpha value is -2.15. The van der Waals surface area contributed by atoms with Gasteiger partial charge in [0.1, 0.15) is 0 Å². The molecule has 0 heterocycles. The van der Waals surface area contributed by atoms with Crippen LogP contribution in [0.2, 0.25) is 0 Å². The van der Waals surface area contributed by atoms with Gasteiger partial charge in [-0.15, -0.1) is 0 Å². The van der Waals surface area contributed by atoms with Crippen LogP contribution in [-0.4, -0.2) is 5.78 Å². The van der Waals surface area contributed by atoms with Crippen LogP contribution in [0.15, 0.2) is 54.1 Å². The number of fused-ring (bicyclic) bond motifs is 2. The molecule has 1 nitrogen and oxygen atoms in total. The highest BCUT2D eigenvalue weighted by Crippen LogP contribution is 2.45. The number of allylic oxidation sites excluding steroid dienone is 1. The first-order chi connectivity index (χ1) is 9.69. The molecule has 1 unspecified atom stereocenters. The standard InChI is InChI=1S/C19H16O/c1-19(16-10-13-6-2-3-7-14(13)11-16)17-9-5-4-8-15(17)12-18(19)20/h2-10H,11-12H2,1H3. The van der Waals surface area contributed by atoms with Crippen molar-refractivity contribution in [1.29, 1.82) is 0 Å². The third kappa shape index (κ3) is 1.41. The second-order valence-corrected chi connectivity index (χ2v) is 5.93. The zero-order chi connectivity index (χ0) is 13.7. The van der Waals surface area contributed by atoms with Crippen molar-refractivity contribution in [3.63, 3.8) is 0 Å². The Balaban J connectivity index is 1.86. The average Bonchev–Trinajstić information content (AvgIpc) is 3.00. The maximum Gasteiger partial charge on any atom is 0.151 e. The summed E-state index contributed by atoms with van der Waals surface area (Å²) in [5.74, 6) is 0.331. The highest BCUT2D eigenvalue weighted by atomic mass is 16.1. The number of ketones is 1. The quantitative estimate of drug-likeness (QED) is 0.764. The first kappa shape index (κ1) is 11.7. The van der Waals surface area contributed by atoms with Crippen LogP contribution < -0.4 is 0 Å². The smallest absolute Gasteiger partial charge is 0.151 e. The Labute approximate surface area is 119 Å². The highest BCUT2D eigenvalue weighted by molar-refractivity contribution is 6.00. The van der Waals surface area contributed by atoms with Gasteiger partial charge in [0.15, 0.2) is 5.78 Å². The summed E-state index contributed by atoms with van der Waals surface area (Å²) in [6, 6.07) is 16.7. The van der Waals surface area contributed by atoms with Crippen LogP contribution in [0.4, 0.5) is 0 Å². The molecule has 0 aliphatic heterocycles. The molecule has 1 heteroatoms. The minimum Gasteiger partial charge on any atom is -0.298 e. The molecule has 98 valence electrons. The summed E-state index contributed by atoms with van der Waals surface area (Å²) in [7, 11) is 0. The van der Waals surface area contributed by atoms with Gasteiger partial charge < -0.3 is 0 Å². The maximum atomic E-state index is 12.7. The Bertz CT molecular complexity index is 754. The van der Waals surface area contributed by atoms with E-state index in [1.807, 2.05) is 12.1 Å². The number of benzene rings is 2. The molecule has 2 aliphatic carbocycles. The lowest BCUT2D eigenvalue weighted by atomic mass is 9.75. The molecule has 0 fully saturated rings. The summed E-state index contributed by atoms with van der Waals surface area (Å²) in [6.07, 6.45) is 3.68. The molecule has 2 aromatic rings. The molecule has 2 aromatic carbocycles. The lowest BCUT2D eigenvalue weighted by molar-refractivity contribution is -0.121. The van der Waals surface area contributed by atoms with E-state index in [9.17, 15) is 4.79 Å². The van der Waals surface area contributed by atoms with Gasteiger partial charge in [-0.3, -0.25) is 4.79 Å². The van der Waals surface area contributed by atoms with Crippen molar-refractivity contribution in [3.8, 4) is 0 Å². The Morgan fingerprint density at radius 1 is 0.900 bits per heavy atom. The van der Waals surface area contributed by atoms with Crippen LogP contribution >= 0.6 is 0 Å². The maximum absolute atomic E-state index is 12.7. The summed E-state index contributed by atoms with van der Waals surface area (Å²) in [4.78, 5) is 12.7. The average molecular weight is 260 g/mol. The summed E-state index contributed by atoms with van der Waals surface area (Å²) in [5, 5.41) is 0. The Morgan fingerprint density at radius 2 is 1.60 bits per heavy atom. The number of carbonyl (C=O) groups excluding carboxylic acids is 1. The predicted molar refractivity (Wildman–Crippen MR) is 80.6 cm³/mol. The second kappa shape index (κ2) is 3.92. The van der Waals surface area contributed by atoms with E-state index in [-0.39, 0.29) is 0 Å². The van der Waals surface area contributed by atoms with Gasteiger partial charge in [-0.1, -0.05) is 54.6 Å². The zero-order valence-electron chi connectivity index (χ0n) is 11.5. The van der Waals surface area contributed by atoms with Crippen LogP contribution in [0, 0.1) is 0 Å². The molecule has 0 aromatic heterocycles. The summed E-state index contributed by atoms with van der Waals surface area (Å²) < 4.78 is 0. The van der Waals surface area contributed by atoms with E-state index in [0.29, 0.717) is 12.2 Å². The van der Waals surface area contributed by atoms with Crippen LogP contribution in [0.3, 0.4) is 0 Å². The van der Waals surface area contributed by atoms with Gasteiger partial charge in [-0.25, -0.2) is 0 Å². The third-order valence-electron chi connectivity index (χ3n) is 4.87. The summed E-state index contributed by atoms with van der Waals surface area (Å²) in [5.41, 5.74) is 5.80. The summed E-state index contributed by atoms with van der Waals surface area (Å²) >= 11 is 0. The number of hydrogen-bond donors (Lipinski definition) is 0. The Kier molecular flexibility index (Phi) is 2.29. The van der Waals surface area contributed by atoms with Crippen molar-refractivity contribution >= 4 is 11.9 Å². The fourth-order valence-electron chi connectivity index (χ4n) is 3.62. The first-order valence-electron chi connectivity index (χ1n) is 7.10. The SMILES string of the molecule is CC1(C2=Cc3ccccc3C2)C(=O)Cc2ccccc21. The van der Waals surface area contributed by atoms with Crippen LogP contribution in [0.5, 0.6) is 0 Å². The molecule has 20 heavy (non-hydrogen) atoms. The lowest BCUT2D eigenvalue weighted by Crippen LogP contribution is -2.30. The topological polar surface area (TPSA) is 17.1 Å². The Morgan fingerprint density at radius 3 is 2.40 bits per heavy atom. The molecule has 0 saturated heterocycles. The fourth-order valence-corrected chi connectivity index (χ4v) is 3.62. The van der Waals surface area contributed by atoms with E-state index >= 15 is 0 Å². The monoisotopic (exact) mass is 260 g/mol. The number of rotatable bonds is 1. The van der Waals surface area contributed by atoms with E-state index in [1.54, 1.807) is 0 Å². The first-order valence-corrected chi connectivity index (χ1v) is 7.10. The molecular weight excluding hydrogens is 244 g/mol. The lowest BCUT2D eigenvalue weighted by Gasteiger charge is -2.25. The van der Waals surface area contributed by atoms with E-state index in [4.69, 9.17) is 0 Å². The second-order valence-electron chi connectivity index (χ2n) is 5.93. The van der Waals surface area contributed by atoms with Gasteiger partial charge in [0.2, 0.25) is 0 Å². The third-order valence-corrected chi connectivity index (χ3v) is 4.87. The molecule has 0 radical (unpaired) electrons. The minimum absolute atomic E-state index is 0.331. The van der Waals surface area contributed by atoms with E-state index in [2.05, 4.69) is 49.4 Å². The normalized spacial score (nSPS) is 23.4. The van der Waals surface area contributed by atoms with E-state index in [1.165, 1.54) is 27.8 Å². The molecule has 0 bridgehead atoms. The largest absolute Gasteiger partial charge is 0.298 e. The molecule has 4 rings (SSSR count). The minimum atomic E-state index is -0.435. The summed E-state index contributed by atoms with van der Waals surface area (Å²) in [6.45, 7) is 2.10. The van der Waals surface area contributed by atoms with Crippen molar-refractivity contribution in [2.24, 2.45) is 0 Å².